The first kappa shape index (κ1) is 46.9. The summed E-state index contributed by atoms with van der Waals surface area (Å²) in [5, 5.41) is 27.4. The van der Waals surface area contributed by atoms with Crippen LogP contribution < -0.4 is 43.0 Å². The Hall–Kier alpha value is -7.58. The van der Waals surface area contributed by atoms with E-state index in [0.29, 0.717) is 29.7 Å². The van der Waals surface area contributed by atoms with E-state index in [2.05, 4.69) is 52.2 Å². The van der Waals surface area contributed by atoms with Gasteiger partial charge in [-0.25, -0.2) is 14.7 Å². The zero-order valence-electron chi connectivity index (χ0n) is 35.9. The number of guanidine groups is 1. The first-order valence-corrected chi connectivity index (χ1v) is 21.5. The van der Waals surface area contributed by atoms with Gasteiger partial charge in [0.1, 0.15) is 30.2 Å². The van der Waals surface area contributed by atoms with Gasteiger partial charge in [0, 0.05) is 61.3 Å². The number of nitrogens with two attached hydrogens (primary N) is 1. The predicted octanol–water partition coefficient (Wildman–Crippen LogP) is -0.310. The molecule has 4 aromatic rings. The number of ketones is 1. The Labute approximate surface area is 374 Å². The lowest BCUT2D eigenvalue weighted by Crippen LogP contribution is -2.60. The van der Waals surface area contributed by atoms with E-state index in [1.807, 2.05) is 24.3 Å². The summed E-state index contributed by atoms with van der Waals surface area (Å²) in [6, 6.07) is 7.54. The molecular formula is C44H55N13O8. The number of carbonyl (C=O) groups is 8. The van der Waals surface area contributed by atoms with Crippen molar-refractivity contribution >= 4 is 64.1 Å². The highest BCUT2D eigenvalue weighted by Crippen LogP contribution is 2.21. The van der Waals surface area contributed by atoms with Crippen LogP contribution in [-0.2, 0) is 52.8 Å². The van der Waals surface area contributed by atoms with Crippen molar-refractivity contribution in [2.45, 2.75) is 101 Å². The molecular weight excluding hydrogens is 839 g/mol. The Bertz CT molecular complexity index is 2370. The lowest BCUT2D eigenvalue weighted by Gasteiger charge is -2.28. The van der Waals surface area contributed by atoms with E-state index in [0.717, 1.165) is 15.8 Å². The van der Waals surface area contributed by atoms with Crippen molar-refractivity contribution in [2.75, 3.05) is 13.1 Å². The summed E-state index contributed by atoms with van der Waals surface area (Å²) in [6.45, 7) is 1.66. The minimum Gasteiger partial charge on any atom is -0.370 e. The van der Waals surface area contributed by atoms with E-state index >= 15 is 0 Å². The highest BCUT2D eigenvalue weighted by Gasteiger charge is 2.46. The van der Waals surface area contributed by atoms with Crippen LogP contribution in [0.1, 0.15) is 62.3 Å². The molecule has 4 heterocycles. The molecule has 6 rings (SSSR count). The molecule has 21 nitrogen and oxygen atoms in total. The van der Waals surface area contributed by atoms with Crippen LogP contribution in [0.15, 0.2) is 73.3 Å². The molecule has 2 fully saturated rings. The zero-order valence-corrected chi connectivity index (χ0v) is 35.9. The van der Waals surface area contributed by atoms with Gasteiger partial charge in [-0.2, -0.15) is 0 Å². The minimum atomic E-state index is -1.52. The topological polar surface area (TPSA) is 318 Å². The van der Waals surface area contributed by atoms with Crippen molar-refractivity contribution < 1.29 is 38.4 Å². The fourth-order valence-corrected chi connectivity index (χ4v) is 7.90. The molecule has 0 saturated carbocycles. The number of imidazole rings is 1. The summed E-state index contributed by atoms with van der Waals surface area (Å²) in [4.78, 5) is 122. The fourth-order valence-electron chi connectivity index (χ4n) is 7.90. The monoisotopic (exact) mass is 893 g/mol. The van der Waals surface area contributed by atoms with Crippen LogP contribution in [0.25, 0.3) is 10.9 Å². The Balaban J connectivity index is 1.36. The molecule has 2 bridgehead atoms. The molecule has 0 spiro atoms. The summed E-state index contributed by atoms with van der Waals surface area (Å²) in [7, 11) is 0. The number of rotatable bonds is 11. The van der Waals surface area contributed by atoms with Gasteiger partial charge in [0.25, 0.3) is 5.91 Å². The van der Waals surface area contributed by atoms with E-state index in [4.69, 9.17) is 11.1 Å². The van der Waals surface area contributed by atoms with Gasteiger partial charge in [-0.3, -0.25) is 39.0 Å². The van der Waals surface area contributed by atoms with Crippen molar-refractivity contribution in [3.63, 3.8) is 0 Å². The largest absolute Gasteiger partial charge is 0.370 e. The number of carbonyl (C=O) groups excluding carboxylic acids is 8. The average molecular weight is 894 g/mol. The number of hydrogen-bond acceptors (Lipinski definition) is 10. The second kappa shape index (κ2) is 22.2. The predicted molar refractivity (Wildman–Crippen MR) is 236 cm³/mol. The number of urea groups is 1. The number of aromatic amines is 2. The molecule has 2 aliphatic heterocycles. The van der Waals surface area contributed by atoms with Crippen LogP contribution in [-0.4, -0.2) is 122 Å². The Morgan fingerprint density at radius 3 is 2.25 bits per heavy atom. The summed E-state index contributed by atoms with van der Waals surface area (Å²) < 4.78 is 0. The maximum atomic E-state index is 14.5. The minimum absolute atomic E-state index is 0.000989. The number of H-pyrrole nitrogens is 2. The molecule has 2 aliphatic rings. The average Bonchev–Trinajstić information content (AvgIpc) is 4.01. The van der Waals surface area contributed by atoms with Gasteiger partial charge in [-0.1, -0.05) is 48.5 Å². The molecule has 2 saturated heterocycles. The normalized spacial score (nSPS) is 23.1. The second-order valence-electron chi connectivity index (χ2n) is 16.1. The standard InChI is InChI=1S/C44H55N13O8/c1-25(58)30-13-7-8-16-48-37(59)21-35-42(64)57(44(65)56-35)36(20-28-23-47-24-51-28)41(63)55-33(18-26-10-3-2-4-11-26)39(61)53-32(15-9-17-49-43(45)46)38(60)54-34(40(62)52-30)19-27-22-50-31-14-6-5-12-29(27)31/h2-6,10-12,14,22-24,30,32-36,50H,7-9,13,15-21H2,1H3,(H,47,51)(H,48,59)(H,52,62)(H,53,61)(H,54,60)(H,55,63)(H,56,65)(H4,45,46,49)/t30-,32-,33+,34-,35-,36-/m0/s1. The number of nitrogens with one attached hydrogen (secondary N) is 10. The number of amides is 8. The number of fused-ring (bicyclic) bond motifs is 3. The SMILES string of the molecule is CC(=O)[C@@H]1CCCCNC(=O)C[C@@H]2NC(=O)N(C2=O)[C@@H](Cc2cnc[nH]2)C(=O)N[C@H](Cc2ccccc2)C(=O)N[C@@H](CCCNC(=N)N)C(=O)N[C@@H](Cc2c[nH]c3ccccc23)C(=O)N1. The third kappa shape index (κ3) is 12.8. The van der Waals surface area contributed by atoms with Crippen LogP contribution in [0.2, 0.25) is 0 Å². The lowest BCUT2D eigenvalue weighted by molar-refractivity contribution is -0.138. The fraction of sp³-hybridized carbons (Fsp3) is 0.409. The van der Waals surface area contributed by atoms with E-state index in [1.165, 1.54) is 19.4 Å². The molecule has 6 atom stereocenters. The number of imide groups is 1. The molecule has 0 aliphatic carbocycles. The van der Waals surface area contributed by atoms with E-state index in [-0.39, 0.29) is 63.4 Å². The lowest BCUT2D eigenvalue weighted by atomic mass is 10.0. The van der Waals surface area contributed by atoms with E-state index in [1.54, 1.807) is 36.5 Å². The molecule has 2 aromatic carbocycles. The van der Waals surface area contributed by atoms with Crippen molar-refractivity contribution in [3.05, 3.63) is 90.1 Å². The third-order valence-electron chi connectivity index (χ3n) is 11.3. The quantitative estimate of drug-likeness (QED) is 0.0402. The maximum Gasteiger partial charge on any atom is 0.325 e. The third-order valence-corrected chi connectivity index (χ3v) is 11.3. The Morgan fingerprint density at radius 1 is 0.815 bits per heavy atom. The van der Waals surface area contributed by atoms with Crippen LogP contribution >= 0.6 is 0 Å². The molecule has 21 heteroatoms. The second-order valence-corrected chi connectivity index (χ2v) is 16.1. The van der Waals surface area contributed by atoms with Gasteiger partial charge < -0.3 is 52.9 Å². The van der Waals surface area contributed by atoms with E-state index < -0.39 is 84.1 Å². The summed E-state index contributed by atoms with van der Waals surface area (Å²) >= 11 is 0. The molecule has 0 radical (unpaired) electrons. The molecule has 8 amide bonds. The van der Waals surface area contributed by atoms with Gasteiger partial charge in [-0.15, -0.1) is 0 Å². The van der Waals surface area contributed by atoms with Crippen molar-refractivity contribution in [1.82, 2.24) is 57.1 Å². The molecule has 12 N–H and O–H groups in total. The molecule has 65 heavy (non-hydrogen) atoms. The van der Waals surface area contributed by atoms with Gasteiger partial charge in [-0.05, 0) is 56.2 Å². The number of para-hydroxylation sites is 1. The summed E-state index contributed by atoms with van der Waals surface area (Å²) in [5.74, 6) is -5.09. The number of aromatic nitrogens is 3. The number of Topliss-reactive ketones (excluding diaryl/α,β-unsaturated/α-hetero) is 1. The van der Waals surface area contributed by atoms with Crippen LogP contribution in [0, 0.1) is 5.41 Å². The van der Waals surface area contributed by atoms with Gasteiger partial charge in [0.15, 0.2) is 11.7 Å². The molecule has 344 valence electrons. The first-order chi connectivity index (χ1) is 31.3. The zero-order chi connectivity index (χ0) is 46.5. The van der Waals surface area contributed by atoms with Crippen molar-refractivity contribution in [3.8, 4) is 0 Å². The van der Waals surface area contributed by atoms with Gasteiger partial charge >= 0.3 is 6.03 Å². The molecule has 0 unspecified atom stereocenters. The summed E-state index contributed by atoms with van der Waals surface area (Å²) in [6.07, 6.45) is 4.99. The highest BCUT2D eigenvalue weighted by molar-refractivity contribution is 6.09. The first-order valence-electron chi connectivity index (χ1n) is 21.5. The highest BCUT2D eigenvalue weighted by atomic mass is 16.2. The van der Waals surface area contributed by atoms with Crippen molar-refractivity contribution in [1.29, 1.82) is 5.41 Å². The van der Waals surface area contributed by atoms with Crippen LogP contribution in [0.5, 0.6) is 0 Å². The van der Waals surface area contributed by atoms with Crippen LogP contribution in [0.3, 0.4) is 0 Å². The number of benzene rings is 2. The van der Waals surface area contributed by atoms with Gasteiger partial charge in [0.2, 0.25) is 29.5 Å². The van der Waals surface area contributed by atoms with E-state index in [9.17, 15) is 38.4 Å². The number of nitrogens with zero attached hydrogens (tertiary/aromatic N) is 2. The van der Waals surface area contributed by atoms with Crippen molar-refractivity contribution in [2.24, 2.45) is 5.73 Å². The Kier molecular flexibility index (Phi) is 16.0. The van der Waals surface area contributed by atoms with Crippen LogP contribution in [0.4, 0.5) is 4.79 Å². The van der Waals surface area contributed by atoms with Gasteiger partial charge in [0.05, 0.1) is 18.8 Å². The maximum absolute atomic E-state index is 14.5. The molecule has 2 aromatic heterocycles. The Morgan fingerprint density at radius 2 is 1.51 bits per heavy atom. The smallest absolute Gasteiger partial charge is 0.325 e. The summed E-state index contributed by atoms with van der Waals surface area (Å²) in [5.41, 5.74) is 8.02. The number of hydrogen-bond donors (Lipinski definition) is 11.